The van der Waals surface area contributed by atoms with Crippen LogP contribution in [0.1, 0.15) is 41.2 Å². The molecular formula is C18H20N4O2. The molecule has 1 unspecified atom stereocenters. The predicted molar refractivity (Wildman–Crippen MR) is 88.4 cm³/mol. The third kappa shape index (κ3) is 2.48. The van der Waals surface area contributed by atoms with Gasteiger partial charge in [0.15, 0.2) is 0 Å². The van der Waals surface area contributed by atoms with Crippen molar-refractivity contribution in [3.05, 3.63) is 54.1 Å². The van der Waals surface area contributed by atoms with Crippen molar-refractivity contribution in [3.8, 4) is 0 Å². The molecule has 0 radical (unpaired) electrons. The first-order valence-electron chi connectivity index (χ1n) is 8.32. The quantitative estimate of drug-likeness (QED) is 0.882. The summed E-state index contributed by atoms with van der Waals surface area (Å²) in [6.07, 6.45) is 7.37. The molecule has 1 atom stereocenters. The molecule has 2 aromatic heterocycles. The van der Waals surface area contributed by atoms with E-state index in [1.807, 2.05) is 23.1 Å². The lowest BCUT2D eigenvalue weighted by molar-refractivity contribution is -0.120. The van der Waals surface area contributed by atoms with Gasteiger partial charge in [-0.25, -0.2) is 0 Å². The maximum Gasteiger partial charge on any atom is 0.270 e. The summed E-state index contributed by atoms with van der Waals surface area (Å²) >= 11 is 0. The highest BCUT2D eigenvalue weighted by atomic mass is 16.2. The monoisotopic (exact) mass is 324 g/mol. The van der Waals surface area contributed by atoms with Crippen LogP contribution in [0.3, 0.4) is 0 Å². The molecule has 0 aromatic carbocycles. The van der Waals surface area contributed by atoms with Gasteiger partial charge in [0.05, 0.1) is 5.54 Å². The fourth-order valence-corrected chi connectivity index (χ4v) is 4.05. The second-order valence-electron chi connectivity index (χ2n) is 6.62. The zero-order valence-corrected chi connectivity index (χ0v) is 13.4. The van der Waals surface area contributed by atoms with Crippen molar-refractivity contribution in [2.45, 2.75) is 30.7 Å². The third-order valence-electron chi connectivity index (χ3n) is 5.32. The minimum Gasteiger partial charge on any atom is -0.357 e. The van der Waals surface area contributed by atoms with Gasteiger partial charge in [-0.3, -0.25) is 14.6 Å². The van der Waals surface area contributed by atoms with Gasteiger partial charge in [0, 0.05) is 44.0 Å². The summed E-state index contributed by atoms with van der Waals surface area (Å²) in [4.78, 5) is 33.5. The van der Waals surface area contributed by atoms with Crippen molar-refractivity contribution in [2.75, 3.05) is 13.1 Å². The molecule has 0 aliphatic carbocycles. The molecule has 124 valence electrons. The lowest BCUT2D eigenvalue weighted by Gasteiger charge is -2.42. The fourth-order valence-electron chi connectivity index (χ4n) is 4.05. The number of H-pyrrole nitrogens is 1. The van der Waals surface area contributed by atoms with Crippen molar-refractivity contribution in [1.82, 2.24) is 20.2 Å². The van der Waals surface area contributed by atoms with Gasteiger partial charge in [-0.15, -0.1) is 0 Å². The van der Waals surface area contributed by atoms with E-state index in [1.165, 1.54) is 0 Å². The average Bonchev–Trinajstić information content (AvgIpc) is 3.24. The zero-order valence-electron chi connectivity index (χ0n) is 13.4. The molecule has 2 N–H and O–H groups in total. The number of carbonyl (C=O) groups excluding carboxylic acids is 2. The number of carbonyl (C=O) groups is 2. The first-order valence-corrected chi connectivity index (χ1v) is 8.32. The molecule has 1 spiro atoms. The number of aromatic nitrogens is 2. The molecule has 0 saturated carbocycles. The van der Waals surface area contributed by atoms with Gasteiger partial charge < -0.3 is 15.2 Å². The van der Waals surface area contributed by atoms with Gasteiger partial charge >= 0.3 is 0 Å². The smallest absolute Gasteiger partial charge is 0.270 e. The van der Waals surface area contributed by atoms with Crippen molar-refractivity contribution in [1.29, 1.82) is 0 Å². The van der Waals surface area contributed by atoms with E-state index < -0.39 is 0 Å². The Morgan fingerprint density at radius 1 is 1.21 bits per heavy atom. The number of hydrogen-bond acceptors (Lipinski definition) is 3. The average molecular weight is 324 g/mol. The van der Waals surface area contributed by atoms with Crippen LogP contribution in [0.4, 0.5) is 0 Å². The maximum atomic E-state index is 12.5. The number of likely N-dealkylation sites (tertiary alicyclic amines) is 1. The van der Waals surface area contributed by atoms with Crippen LogP contribution in [-0.2, 0) is 4.79 Å². The largest absolute Gasteiger partial charge is 0.357 e. The fraction of sp³-hybridized carbons (Fsp3) is 0.389. The van der Waals surface area contributed by atoms with E-state index in [1.54, 1.807) is 24.7 Å². The summed E-state index contributed by atoms with van der Waals surface area (Å²) in [5.41, 5.74) is 1.52. The molecule has 2 aromatic rings. The number of hydrogen-bond donors (Lipinski definition) is 2. The molecule has 2 amide bonds. The molecule has 2 saturated heterocycles. The Kier molecular flexibility index (Phi) is 3.59. The normalized spacial score (nSPS) is 22.6. The van der Waals surface area contributed by atoms with E-state index >= 15 is 0 Å². The number of rotatable bonds is 2. The third-order valence-corrected chi connectivity index (χ3v) is 5.32. The first-order chi connectivity index (χ1) is 11.7. The number of piperidine rings is 1. The maximum absolute atomic E-state index is 12.5. The summed E-state index contributed by atoms with van der Waals surface area (Å²) in [5, 5.41) is 3.21. The Bertz CT molecular complexity index is 734. The van der Waals surface area contributed by atoms with E-state index in [0.717, 1.165) is 18.4 Å². The van der Waals surface area contributed by atoms with Gasteiger partial charge in [-0.2, -0.15) is 0 Å². The second kappa shape index (κ2) is 5.78. The van der Waals surface area contributed by atoms with Crippen molar-refractivity contribution < 1.29 is 9.59 Å². The highest BCUT2D eigenvalue weighted by molar-refractivity contribution is 5.92. The van der Waals surface area contributed by atoms with E-state index in [2.05, 4.69) is 15.3 Å². The topological polar surface area (TPSA) is 78.1 Å². The minimum atomic E-state index is -0.245. The van der Waals surface area contributed by atoms with Gasteiger partial charge in [0.2, 0.25) is 5.91 Å². The summed E-state index contributed by atoms with van der Waals surface area (Å²) in [6.45, 7) is 1.30. The Morgan fingerprint density at radius 3 is 2.62 bits per heavy atom. The van der Waals surface area contributed by atoms with Crippen LogP contribution >= 0.6 is 0 Å². The summed E-state index contributed by atoms with van der Waals surface area (Å²) in [6, 6.07) is 7.60. The lowest BCUT2D eigenvalue weighted by Crippen LogP contribution is -2.54. The standard InChI is InChI=1S/C18H20N4O2/c23-16-12-14(13-3-8-19-9-4-13)18(21-16)5-10-22(11-6-18)17(24)15-2-1-7-20-15/h1-4,7-9,14,20H,5-6,10-12H2,(H,21,23). The van der Waals surface area contributed by atoms with E-state index in [0.29, 0.717) is 25.2 Å². The van der Waals surface area contributed by atoms with Gasteiger partial charge in [-0.05, 0) is 42.7 Å². The SMILES string of the molecule is O=C1CC(c2ccncc2)C2(CCN(C(=O)c3ccc[nH]3)CC2)N1. The number of nitrogens with zero attached hydrogens (tertiary/aromatic N) is 2. The molecule has 2 fully saturated rings. The molecule has 6 heteroatoms. The predicted octanol–water partition coefficient (Wildman–Crippen LogP) is 1.69. The highest BCUT2D eigenvalue weighted by Gasteiger charge is 2.49. The molecule has 4 rings (SSSR count). The second-order valence-corrected chi connectivity index (χ2v) is 6.62. The molecule has 2 aliphatic heterocycles. The van der Waals surface area contributed by atoms with Crippen molar-refractivity contribution >= 4 is 11.8 Å². The van der Waals surface area contributed by atoms with E-state index in [-0.39, 0.29) is 23.3 Å². The zero-order chi connectivity index (χ0) is 16.6. The van der Waals surface area contributed by atoms with Crippen LogP contribution in [0, 0.1) is 0 Å². The molecular weight excluding hydrogens is 304 g/mol. The van der Waals surface area contributed by atoms with Crippen LogP contribution in [0.5, 0.6) is 0 Å². The highest BCUT2D eigenvalue weighted by Crippen LogP contribution is 2.43. The first kappa shape index (κ1) is 14.9. The molecule has 24 heavy (non-hydrogen) atoms. The minimum absolute atomic E-state index is 0.0274. The van der Waals surface area contributed by atoms with Gasteiger partial charge in [0.1, 0.15) is 5.69 Å². The number of aromatic amines is 1. The molecule has 6 nitrogen and oxygen atoms in total. The Hall–Kier alpha value is -2.63. The van der Waals surface area contributed by atoms with Crippen molar-refractivity contribution in [2.24, 2.45) is 0 Å². The molecule has 2 aliphatic rings. The van der Waals surface area contributed by atoms with E-state index in [4.69, 9.17) is 0 Å². The Balaban J connectivity index is 1.52. The number of nitrogens with one attached hydrogen (secondary N) is 2. The summed E-state index contributed by atoms with van der Waals surface area (Å²) in [7, 11) is 0. The Morgan fingerprint density at radius 2 is 1.96 bits per heavy atom. The molecule has 4 heterocycles. The van der Waals surface area contributed by atoms with Gasteiger partial charge in [0.25, 0.3) is 5.91 Å². The summed E-state index contributed by atoms with van der Waals surface area (Å²) in [5.74, 6) is 0.274. The van der Waals surface area contributed by atoms with Crippen LogP contribution in [0.25, 0.3) is 0 Å². The summed E-state index contributed by atoms with van der Waals surface area (Å²) < 4.78 is 0. The van der Waals surface area contributed by atoms with Crippen LogP contribution in [0.15, 0.2) is 42.9 Å². The Labute approximate surface area is 140 Å². The lowest BCUT2D eigenvalue weighted by atomic mass is 9.74. The van der Waals surface area contributed by atoms with Crippen LogP contribution in [-0.4, -0.2) is 45.3 Å². The van der Waals surface area contributed by atoms with Crippen LogP contribution < -0.4 is 5.32 Å². The number of pyridine rings is 1. The molecule has 0 bridgehead atoms. The van der Waals surface area contributed by atoms with Crippen LogP contribution in [0.2, 0.25) is 0 Å². The van der Waals surface area contributed by atoms with E-state index in [9.17, 15) is 9.59 Å². The number of amides is 2. The van der Waals surface area contributed by atoms with Crippen molar-refractivity contribution in [3.63, 3.8) is 0 Å². The van der Waals surface area contributed by atoms with Gasteiger partial charge in [-0.1, -0.05) is 0 Å².